The van der Waals surface area contributed by atoms with Gasteiger partial charge in [-0.15, -0.1) is 0 Å². The van der Waals surface area contributed by atoms with E-state index in [0.717, 1.165) is 32.5 Å². The third-order valence-electron chi connectivity index (χ3n) is 3.62. The number of rotatable bonds is 4. The third kappa shape index (κ3) is 3.99. The Kier molecular flexibility index (Phi) is 5.61. The summed E-state index contributed by atoms with van der Waals surface area (Å²) in [5.41, 5.74) is 0. The molecule has 1 amide bonds. The largest absolute Gasteiger partial charge is 0.342 e. The van der Waals surface area contributed by atoms with Gasteiger partial charge in [0.2, 0.25) is 5.91 Å². The minimum atomic E-state index is -0.476. The van der Waals surface area contributed by atoms with E-state index in [1.807, 2.05) is 18.7 Å². The third-order valence-corrected chi connectivity index (χ3v) is 3.62. The predicted octanol–water partition coefficient (Wildman–Crippen LogP) is 1.58. The second-order valence-electron chi connectivity index (χ2n) is 5.88. The maximum atomic E-state index is 12.2. The zero-order valence-electron chi connectivity index (χ0n) is 12.0. The Bertz CT molecular complexity index is 311. The molecule has 0 aromatic heterocycles. The van der Waals surface area contributed by atoms with Crippen LogP contribution in [0.2, 0.25) is 0 Å². The number of hydrogen-bond acceptors (Lipinski definition) is 3. The van der Waals surface area contributed by atoms with Gasteiger partial charge >= 0.3 is 0 Å². The molecule has 0 spiro atoms. The molecule has 1 aliphatic rings. The highest BCUT2D eigenvalue weighted by Crippen LogP contribution is 2.21. The van der Waals surface area contributed by atoms with Crippen LogP contribution in [-0.2, 0) is 4.79 Å². The molecule has 0 N–H and O–H groups in total. The van der Waals surface area contributed by atoms with Crippen molar-refractivity contribution < 1.29 is 4.79 Å². The van der Waals surface area contributed by atoms with Crippen molar-refractivity contribution in [3.8, 4) is 6.07 Å². The SMILES string of the molecule is CC(C)C(C#N)C(=O)N1CCC(CN(C)C)CC1. The minimum absolute atomic E-state index is 0.0239. The van der Waals surface area contributed by atoms with Gasteiger partial charge in [-0.1, -0.05) is 13.8 Å². The van der Waals surface area contributed by atoms with Crippen LogP contribution in [-0.4, -0.2) is 49.4 Å². The van der Waals surface area contributed by atoms with Gasteiger partial charge in [-0.25, -0.2) is 0 Å². The summed E-state index contributed by atoms with van der Waals surface area (Å²) in [5, 5.41) is 9.06. The van der Waals surface area contributed by atoms with Crippen LogP contribution >= 0.6 is 0 Å². The topological polar surface area (TPSA) is 47.3 Å². The molecular formula is C14H25N3O. The second kappa shape index (κ2) is 6.75. The van der Waals surface area contributed by atoms with E-state index in [0.29, 0.717) is 5.92 Å². The summed E-state index contributed by atoms with van der Waals surface area (Å²) in [5.74, 6) is 0.330. The number of hydrogen-bond donors (Lipinski definition) is 0. The summed E-state index contributed by atoms with van der Waals surface area (Å²) in [6, 6.07) is 2.14. The lowest BCUT2D eigenvalue weighted by Crippen LogP contribution is -2.44. The van der Waals surface area contributed by atoms with Crippen LogP contribution in [0.5, 0.6) is 0 Å². The van der Waals surface area contributed by atoms with Crippen LogP contribution in [0, 0.1) is 29.1 Å². The van der Waals surface area contributed by atoms with Gasteiger partial charge < -0.3 is 9.80 Å². The minimum Gasteiger partial charge on any atom is -0.342 e. The number of likely N-dealkylation sites (tertiary alicyclic amines) is 1. The molecule has 1 atom stereocenters. The molecule has 0 aromatic carbocycles. The predicted molar refractivity (Wildman–Crippen MR) is 71.8 cm³/mol. The lowest BCUT2D eigenvalue weighted by molar-refractivity contribution is -0.136. The van der Waals surface area contributed by atoms with Gasteiger partial charge in [-0.05, 0) is 38.8 Å². The summed E-state index contributed by atoms with van der Waals surface area (Å²) in [6.45, 7) is 6.58. The van der Waals surface area contributed by atoms with Crippen molar-refractivity contribution in [1.29, 1.82) is 5.26 Å². The summed E-state index contributed by atoms with van der Waals surface area (Å²) in [7, 11) is 4.17. The highest BCUT2D eigenvalue weighted by molar-refractivity contribution is 5.81. The molecule has 0 aliphatic carbocycles. The fraction of sp³-hybridized carbons (Fsp3) is 0.857. The van der Waals surface area contributed by atoms with E-state index in [1.165, 1.54) is 0 Å². The van der Waals surface area contributed by atoms with Crippen LogP contribution in [0.3, 0.4) is 0 Å². The van der Waals surface area contributed by atoms with Crippen molar-refractivity contribution in [1.82, 2.24) is 9.80 Å². The van der Waals surface area contributed by atoms with Crippen LogP contribution in [0.1, 0.15) is 26.7 Å². The molecule has 102 valence electrons. The Balaban J connectivity index is 2.48. The summed E-state index contributed by atoms with van der Waals surface area (Å²) in [4.78, 5) is 16.3. The molecule has 1 rings (SSSR count). The van der Waals surface area contributed by atoms with E-state index in [-0.39, 0.29) is 11.8 Å². The normalized spacial score (nSPS) is 19.1. The molecule has 1 aliphatic heterocycles. The fourth-order valence-corrected chi connectivity index (χ4v) is 2.54. The molecule has 18 heavy (non-hydrogen) atoms. The van der Waals surface area contributed by atoms with Crippen molar-refractivity contribution in [2.75, 3.05) is 33.7 Å². The van der Waals surface area contributed by atoms with Crippen LogP contribution in [0.4, 0.5) is 0 Å². The first kappa shape index (κ1) is 15.0. The molecule has 4 nitrogen and oxygen atoms in total. The smallest absolute Gasteiger partial charge is 0.240 e. The first-order valence-electron chi connectivity index (χ1n) is 6.78. The van der Waals surface area contributed by atoms with E-state index in [1.54, 1.807) is 0 Å². The lowest BCUT2D eigenvalue weighted by Gasteiger charge is -2.34. The number of nitriles is 1. The molecule has 4 heteroatoms. The molecule has 0 saturated carbocycles. The van der Waals surface area contributed by atoms with Gasteiger partial charge in [0.05, 0.1) is 6.07 Å². The highest BCUT2D eigenvalue weighted by atomic mass is 16.2. The average Bonchev–Trinajstić information content (AvgIpc) is 2.29. The molecule has 1 unspecified atom stereocenters. The van der Waals surface area contributed by atoms with Gasteiger partial charge in [0, 0.05) is 19.6 Å². The van der Waals surface area contributed by atoms with Gasteiger partial charge in [-0.3, -0.25) is 4.79 Å². The number of nitrogens with zero attached hydrogens (tertiary/aromatic N) is 3. The van der Waals surface area contributed by atoms with Gasteiger partial charge in [0.15, 0.2) is 0 Å². The lowest BCUT2D eigenvalue weighted by atomic mass is 9.92. The zero-order valence-corrected chi connectivity index (χ0v) is 12.0. The number of carbonyl (C=O) groups is 1. The van der Waals surface area contributed by atoms with E-state index < -0.39 is 5.92 Å². The standard InChI is InChI=1S/C14H25N3O/c1-11(2)13(9-15)14(18)17-7-5-12(6-8-17)10-16(3)4/h11-13H,5-8,10H2,1-4H3. The van der Waals surface area contributed by atoms with Crippen molar-refractivity contribution in [2.45, 2.75) is 26.7 Å². The Morgan fingerprint density at radius 3 is 2.33 bits per heavy atom. The Hall–Kier alpha value is -1.08. The van der Waals surface area contributed by atoms with Gasteiger partial charge in [0.25, 0.3) is 0 Å². The molecule has 1 saturated heterocycles. The van der Waals surface area contributed by atoms with Crippen molar-refractivity contribution in [2.24, 2.45) is 17.8 Å². The first-order valence-corrected chi connectivity index (χ1v) is 6.78. The fourth-order valence-electron chi connectivity index (χ4n) is 2.54. The van der Waals surface area contributed by atoms with Crippen LogP contribution < -0.4 is 0 Å². The number of amides is 1. The summed E-state index contributed by atoms with van der Waals surface area (Å²) < 4.78 is 0. The maximum Gasteiger partial charge on any atom is 0.240 e. The second-order valence-corrected chi connectivity index (χ2v) is 5.88. The summed E-state index contributed by atoms with van der Waals surface area (Å²) in [6.07, 6.45) is 2.11. The monoisotopic (exact) mass is 251 g/mol. The van der Waals surface area contributed by atoms with Crippen molar-refractivity contribution in [3.05, 3.63) is 0 Å². The van der Waals surface area contributed by atoms with Crippen molar-refractivity contribution >= 4 is 5.91 Å². The van der Waals surface area contributed by atoms with Gasteiger partial charge in [-0.2, -0.15) is 5.26 Å². The van der Waals surface area contributed by atoms with Gasteiger partial charge in [0.1, 0.15) is 5.92 Å². The summed E-state index contributed by atoms with van der Waals surface area (Å²) >= 11 is 0. The Labute approximate surface area is 111 Å². The van der Waals surface area contributed by atoms with E-state index in [9.17, 15) is 4.79 Å². The molecule has 0 bridgehead atoms. The molecule has 0 aromatic rings. The van der Waals surface area contributed by atoms with Crippen LogP contribution in [0.15, 0.2) is 0 Å². The Morgan fingerprint density at radius 2 is 1.94 bits per heavy atom. The highest BCUT2D eigenvalue weighted by Gasteiger charge is 2.29. The van der Waals surface area contributed by atoms with E-state index in [2.05, 4.69) is 25.1 Å². The Morgan fingerprint density at radius 1 is 1.39 bits per heavy atom. The molecule has 0 radical (unpaired) electrons. The number of piperidine rings is 1. The van der Waals surface area contributed by atoms with Crippen LogP contribution in [0.25, 0.3) is 0 Å². The maximum absolute atomic E-state index is 12.2. The van der Waals surface area contributed by atoms with E-state index >= 15 is 0 Å². The van der Waals surface area contributed by atoms with Crippen molar-refractivity contribution in [3.63, 3.8) is 0 Å². The van der Waals surface area contributed by atoms with E-state index in [4.69, 9.17) is 5.26 Å². The molecule has 1 heterocycles. The first-order chi connectivity index (χ1) is 8.45. The quantitative estimate of drug-likeness (QED) is 0.762. The molecular weight excluding hydrogens is 226 g/mol. The number of carbonyl (C=O) groups excluding carboxylic acids is 1. The average molecular weight is 251 g/mol. The molecule has 1 fully saturated rings. The zero-order chi connectivity index (χ0) is 13.7.